The van der Waals surface area contributed by atoms with E-state index in [1.165, 1.54) is 61.9 Å². The highest BCUT2D eigenvalue weighted by molar-refractivity contribution is 5.31. The molecule has 1 N–H and O–H groups in total. The van der Waals surface area contributed by atoms with Crippen molar-refractivity contribution < 1.29 is 0 Å². The van der Waals surface area contributed by atoms with Gasteiger partial charge in [-0.15, -0.1) is 0 Å². The number of aryl methyl sites for hydroxylation is 2. The van der Waals surface area contributed by atoms with Crippen LogP contribution in [0.25, 0.3) is 0 Å². The van der Waals surface area contributed by atoms with E-state index in [1.54, 1.807) is 0 Å². The van der Waals surface area contributed by atoms with E-state index in [-0.39, 0.29) is 0 Å². The summed E-state index contributed by atoms with van der Waals surface area (Å²) in [6.07, 6.45) is 6.85. The molecule has 3 atom stereocenters. The van der Waals surface area contributed by atoms with Gasteiger partial charge in [0.05, 0.1) is 0 Å². The average Bonchev–Trinajstić information content (AvgIpc) is 3.03. The van der Waals surface area contributed by atoms with E-state index in [4.69, 9.17) is 0 Å². The minimum Gasteiger partial charge on any atom is -0.312 e. The van der Waals surface area contributed by atoms with Crippen molar-refractivity contribution in [3.05, 3.63) is 34.9 Å². The van der Waals surface area contributed by atoms with Gasteiger partial charge in [-0.05, 0) is 76.2 Å². The second-order valence-electron chi connectivity index (χ2n) is 7.02. The molecule has 0 spiro atoms. The summed E-state index contributed by atoms with van der Waals surface area (Å²) in [5.74, 6) is 0. The number of piperidine rings is 1. The Morgan fingerprint density at radius 2 is 1.95 bits per heavy atom. The number of rotatable bonds is 3. The van der Waals surface area contributed by atoms with Crippen LogP contribution >= 0.6 is 0 Å². The van der Waals surface area contributed by atoms with Gasteiger partial charge in [0.25, 0.3) is 0 Å². The third-order valence-electron chi connectivity index (χ3n) is 5.67. The topological polar surface area (TPSA) is 15.3 Å². The molecule has 2 heterocycles. The van der Waals surface area contributed by atoms with Crippen molar-refractivity contribution in [3.63, 3.8) is 0 Å². The molecular weight excluding hydrogens is 256 g/mol. The van der Waals surface area contributed by atoms with Crippen molar-refractivity contribution in [1.29, 1.82) is 0 Å². The van der Waals surface area contributed by atoms with Gasteiger partial charge in [-0.25, -0.2) is 0 Å². The Balaban J connectivity index is 1.79. The van der Waals surface area contributed by atoms with Crippen molar-refractivity contribution in [2.45, 2.75) is 71.0 Å². The fourth-order valence-electron chi connectivity index (χ4n) is 4.15. The summed E-state index contributed by atoms with van der Waals surface area (Å²) in [5, 5.41) is 3.74. The standard InChI is InChI=1S/C19H30N2/c1-14-9-10-17(13-15(14)2)16(3)21-12-5-4-8-19(21)18-7-6-11-20-18/h9-10,13,16,18-20H,4-8,11-12H2,1-3H3. The number of likely N-dealkylation sites (tertiary alicyclic amines) is 1. The molecule has 1 aromatic carbocycles. The first-order valence-electron chi connectivity index (χ1n) is 8.73. The average molecular weight is 286 g/mol. The predicted molar refractivity (Wildman–Crippen MR) is 89.7 cm³/mol. The number of benzene rings is 1. The zero-order valence-electron chi connectivity index (χ0n) is 13.9. The Morgan fingerprint density at radius 1 is 1.10 bits per heavy atom. The molecule has 2 aliphatic heterocycles. The second kappa shape index (κ2) is 6.50. The summed E-state index contributed by atoms with van der Waals surface area (Å²) in [4.78, 5) is 2.77. The van der Waals surface area contributed by atoms with Crippen LogP contribution in [0.3, 0.4) is 0 Å². The van der Waals surface area contributed by atoms with E-state index >= 15 is 0 Å². The minimum absolute atomic E-state index is 0.539. The van der Waals surface area contributed by atoms with Gasteiger partial charge in [0.15, 0.2) is 0 Å². The van der Waals surface area contributed by atoms with Crippen molar-refractivity contribution in [2.75, 3.05) is 13.1 Å². The Hall–Kier alpha value is -0.860. The van der Waals surface area contributed by atoms with Crippen molar-refractivity contribution >= 4 is 0 Å². The molecule has 0 radical (unpaired) electrons. The van der Waals surface area contributed by atoms with E-state index in [2.05, 4.69) is 49.2 Å². The van der Waals surface area contributed by atoms with Gasteiger partial charge in [-0.2, -0.15) is 0 Å². The quantitative estimate of drug-likeness (QED) is 0.904. The number of hydrogen-bond donors (Lipinski definition) is 1. The third-order valence-corrected chi connectivity index (χ3v) is 5.67. The third kappa shape index (κ3) is 3.17. The second-order valence-corrected chi connectivity index (χ2v) is 7.02. The lowest BCUT2D eigenvalue weighted by molar-refractivity contribution is 0.0802. The summed E-state index contributed by atoms with van der Waals surface area (Å²) in [5.41, 5.74) is 4.31. The zero-order chi connectivity index (χ0) is 14.8. The molecule has 2 saturated heterocycles. The highest BCUT2D eigenvalue weighted by Crippen LogP contribution is 2.32. The largest absolute Gasteiger partial charge is 0.312 e. The van der Waals surface area contributed by atoms with Gasteiger partial charge in [0.1, 0.15) is 0 Å². The molecule has 0 aromatic heterocycles. The molecule has 1 aromatic rings. The summed E-state index contributed by atoms with van der Waals surface area (Å²) in [6.45, 7) is 9.31. The summed E-state index contributed by atoms with van der Waals surface area (Å²) in [7, 11) is 0. The Labute approximate surface area is 129 Å². The smallest absolute Gasteiger partial charge is 0.0323 e. The van der Waals surface area contributed by atoms with E-state index in [1.807, 2.05) is 0 Å². The molecule has 2 nitrogen and oxygen atoms in total. The minimum atomic E-state index is 0.539. The van der Waals surface area contributed by atoms with Gasteiger partial charge in [0.2, 0.25) is 0 Å². The molecule has 21 heavy (non-hydrogen) atoms. The van der Waals surface area contributed by atoms with E-state index < -0.39 is 0 Å². The molecule has 116 valence electrons. The lowest BCUT2D eigenvalue weighted by Gasteiger charge is -2.43. The van der Waals surface area contributed by atoms with Crippen LogP contribution in [0.2, 0.25) is 0 Å². The fraction of sp³-hybridized carbons (Fsp3) is 0.684. The molecule has 0 aliphatic carbocycles. The van der Waals surface area contributed by atoms with Gasteiger partial charge in [0, 0.05) is 18.1 Å². The molecule has 0 amide bonds. The molecule has 0 saturated carbocycles. The first-order chi connectivity index (χ1) is 10.2. The molecule has 2 fully saturated rings. The molecule has 3 rings (SSSR count). The van der Waals surface area contributed by atoms with Crippen molar-refractivity contribution in [2.24, 2.45) is 0 Å². The molecule has 2 heteroatoms. The van der Waals surface area contributed by atoms with E-state index in [0.29, 0.717) is 6.04 Å². The lowest BCUT2D eigenvalue weighted by atomic mass is 9.91. The van der Waals surface area contributed by atoms with Crippen molar-refractivity contribution in [1.82, 2.24) is 10.2 Å². The normalized spacial score (nSPS) is 28.7. The van der Waals surface area contributed by atoms with Gasteiger partial charge >= 0.3 is 0 Å². The van der Waals surface area contributed by atoms with Crippen LogP contribution in [0.15, 0.2) is 18.2 Å². The predicted octanol–water partition coefficient (Wildman–Crippen LogP) is 3.97. The van der Waals surface area contributed by atoms with Crippen LogP contribution in [-0.4, -0.2) is 30.1 Å². The van der Waals surface area contributed by atoms with Crippen LogP contribution in [0, 0.1) is 13.8 Å². The van der Waals surface area contributed by atoms with Crippen LogP contribution in [0.4, 0.5) is 0 Å². The Kier molecular flexibility index (Phi) is 4.66. The number of nitrogens with one attached hydrogen (secondary N) is 1. The highest BCUT2D eigenvalue weighted by Gasteiger charge is 2.34. The first kappa shape index (κ1) is 15.1. The van der Waals surface area contributed by atoms with Gasteiger partial charge in [-0.1, -0.05) is 24.6 Å². The molecular formula is C19H30N2. The van der Waals surface area contributed by atoms with Crippen LogP contribution in [-0.2, 0) is 0 Å². The zero-order valence-corrected chi connectivity index (χ0v) is 13.9. The Morgan fingerprint density at radius 3 is 2.67 bits per heavy atom. The highest BCUT2D eigenvalue weighted by atomic mass is 15.2. The maximum absolute atomic E-state index is 3.74. The SMILES string of the molecule is Cc1ccc(C(C)N2CCCCC2C2CCCN2)cc1C. The maximum atomic E-state index is 3.74. The summed E-state index contributed by atoms with van der Waals surface area (Å²) < 4.78 is 0. The fourth-order valence-corrected chi connectivity index (χ4v) is 4.15. The number of nitrogens with zero attached hydrogens (tertiary/aromatic N) is 1. The monoisotopic (exact) mass is 286 g/mol. The first-order valence-corrected chi connectivity index (χ1v) is 8.73. The maximum Gasteiger partial charge on any atom is 0.0323 e. The van der Waals surface area contributed by atoms with Crippen molar-refractivity contribution in [3.8, 4) is 0 Å². The molecule has 0 bridgehead atoms. The van der Waals surface area contributed by atoms with E-state index in [0.717, 1.165) is 12.1 Å². The Bertz CT molecular complexity index is 476. The lowest BCUT2D eigenvalue weighted by Crippen LogP contribution is -2.50. The number of hydrogen-bond acceptors (Lipinski definition) is 2. The summed E-state index contributed by atoms with van der Waals surface area (Å²) >= 11 is 0. The van der Waals surface area contributed by atoms with Gasteiger partial charge < -0.3 is 5.32 Å². The molecule has 3 unspecified atom stereocenters. The van der Waals surface area contributed by atoms with Crippen LogP contribution in [0.5, 0.6) is 0 Å². The summed E-state index contributed by atoms with van der Waals surface area (Å²) in [6, 6.07) is 9.01. The van der Waals surface area contributed by atoms with Crippen LogP contribution in [0.1, 0.15) is 61.8 Å². The van der Waals surface area contributed by atoms with Crippen LogP contribution < -0.4 is 5.32 Å². The van der Waals surface area contributed by atoms with E-state index in [9.17, 15) is 0 Å². The molecule has 2 aliphatic rings. The van der Waals surface area contributed by atoms with Gasteiger partial charge in [-0.3, -0.25) is 4.90 Å².